The van der Waals surface area contributed by atoms with Gasteiger partial charge in [-0.15, -0.1) is 0 Å². The Kier molecular flexibility index (Phi) is 5.84. The van der Waals surface area contributed by atoms with Crippen LogP contribution < -0.4 is 15.7 Å². The van der Waals surface area contributed by atoms with E-state index in [1.807, 2.05) is 6.07 Å². The number of carboxylic acids is 1. The van der Waals surface area contributed by atoms with Crippen LogP contribution in [0.15, 0.2) is 48.5 Å². The van der Waals surface area contributed by atoms with Gasteiger partial charge in [0.15, 0.2) is 0 Å². The van der Waals surface area contributed by atoms with Gasteiger partial charge in [-0.2, -0.15) is 0 Å². The average Bonchev–Trinajstić information content (AvgIpc) is 2.51. The van der Waals surface area contributed by atoms with Crippen LogP contribution >= 0.6 is 23.2 Å². The summed E-state index contributed by atoms with van der Waals surface area (Å²) in [4.78, 5) is 23.1. The SMILES string of the molecule is O=C(Nc1ccc(Cl)c(Cl)c1)N[C@@H](Cc1ccccc1)C(=O)[O-]. The first-order chi connectivity index (χ1) is 11.0. The molecule has 2 aromatic carbocycles. The fraction of sp³-hybridized carbons (Fsp3) is 0.125. The molecule has 0 bridgehead atoms. The van der Waals surface area contributed by atoms with Gasteiger partial charge < -0.3 is 20.5 Å². The van der Waals surface area contributed by atoms with E-state index in [0.717, 1.165) is 5.56 Å². The van der Waals surface area contributed by atoms with E-state index in [0.29, 0.717) is 10.7 Å². The van der Waals surface area contributed by atoms with E-state index in [2.05, 4.69) is 10.6 Å². The lowest BCUT2D eigenvalue weighted by Crippen LogP contribution is -2.50. The second kappa shape index (κ2) is 7.85. The van der Waals surface area contributed by atoms with Crippen molar-refractivity contribution in [3.8, 4) is 0 Å². The zero-order valence-corrected chi connectivity index (χ0v) is 13.4. The first-order valence-electron chi connectivity index (χ1n) is 6.73. The summed E-state index contributed by atoms with van der Waals surface area (Å²) >= 11 is 11.6. The third-order valence-electron chi connectivity index (χ3n) is 3.05. The van der Waals surface area contributed by atoms with Gasteiger partial charge >= 0.3 is 6.03 Å². The molecule has 0 aromatic heterocycles. The van der Waals surface area contributed by atoms with Gasteiger partial charge in [0, 0.05) is 5.69 Å². The molecule has 0 heterocycles. The number of nitrogens with one attached hydrogen (secondary N) is 2. The van der Waals surface area contributed by atoms with E-state index in [4.69, 9.17) is 23.2 Å². The highest BCUT2D eigenvalue weighted by Gasteiger charge is 2.14. The molecule has 5 nitrogen and oxygen atoms in total. The summed E-state index contributed by atoms with van der Waals surface area (Å²) in [7, 11) is 0. The molecule has 0 aliphatic heterocycles. The first kappa shape index (κ1) is 17.1. The minimum Gasteiger partial charge on any atom is -0.548 e. The Morgan fingerprint density at radius 2 is 1.74 bits per heavy atom. The summed E-state index contributed by atoms with van der Waals surface area (Å²) in [5, 5.41) is 16.7. The van der Waals surface area contributed by atoms with Crippen LogP contribution in [-0.2, 0) is 11.2 Å². The smallest absolute Gasteiger partial charge is 0.319 e. The number of hydrogen-bond acceptors (Lipinski definition) is 3. The highest BCUT2D eigenvalue weighted by molar-refractivity contribution is 6.42. The number of carbonyl (C=O) groups is 2. The van der Waals surface area contributed by atoms with Gasteiger partial charge in [-0.25, -0.2) is 4.79 Å². The van der Waals surface area contributed by atoms with Crippen LogP contribution in [0.1, 0.15) is 5.56 Å². The maximum absolute atomic E-state index is 11.9. The summed E-state index contributed by atoms with van der Waals surface area (Å²) in [6.45, 7) is 0. The molecule has 7 heteroatoms. The Hall–Kier alpha value is -2.24. The summed E-state index contributed by atoms with van der Waals surface area (Å²) in [5.41, 5.74) is 1.17. The van der Waals surface area contributed by atoms with Crippen molar-refractivity contribution in [2.75, 3.05) is 5.32 Å². The van der Waals surface area contributed by atoms with Crippen molar-refractivity contribution in [1.29, 1.82) is 0 Å². The minimum atomic E-state index is -1.36. The van der Waals surface area contributed by atoms with E-state index >= 15 is 0 Å². The van der Waals surface area contributed by atoms with Crippen LogP contribution in [0.2, 0.25) is 10.0 Å². The average molecular weight is 352 g/mol. The Bertz CT molecular complexity index is 708. The van der Waals surface area contributed by atoms with E-state index in [1.54, 1.807) is 30.3 Å². The number of urea groups is 1. The molecule has 2 rings (SSSR count). The lowest BCUT2D eigenvalue weighted by Gasteiger charge is -2.20. The molecule has 0 fully saturated rings. The highest BCUT2D eigenvalue weighted by atomic mass is 35.5. The molecule has 0 saturated heterocycles. The lowest BCUT2D eigenvalue weighted by atomic mass is 10.1. The van der Waals surface area contributed by atoms with Crippen LogP contribution in [0.3, 0.4) is 0 Å². The Morgan fingerprint density at radius 3 is 2.35 bits per heavy atom. The van der Waals surface area contributed by atoms with E-state index in [-0.39, 0.29) is 11.4 Å². The zero-order chi connectivity index (χ0) is 16.8. The molecule has 2 amide bonds. The predicted octanol–water partition coefficient (Wildman–Crippen LogP) is 2.48. The number of amides is 2. The molecular formula is C16H13Cl2N2O3-. The molecule has 23 heavy (non-hydrogen) atoms. The fourth-order valence-corrected chi connectivity index (χ4v) is 2.24. The van der Waals surface area contributed by atoms with Crippen molar-refractivity contribution >= 4 is 40.9 Å². The molecule has 0 saturated carbocycles. The number of hydrogen-bond donors (Lipinski definition) is 2. The van der Waals surface area contributed by atoms with E-state index in [1.165, 1.54) is 12.1 Å². The molecule has 0 aliphatic rings. The molecule has 0 spiro atoms. The largest absolute Gasteiger partial charge is 0.548 e. The second-order valence-electron chi connectivity index (χ2n) is 4.79. The molecule has 0 radical (unpaired) electrons. The molecule has 0 unspecified atom stereocenters. The molecule has 120 valence electrons. The van der Waals surface area contributed by atoms with E-state index < -0.39 is 18.0 Å². The van der Waals surface area contributed by atoms with Crippen LogP contribution in [0.25, 0.3) is 0 Å². The highest BCUT2D eigenvalue weighted by Crippen LogP contribution is 2.24. The van der Waals surface area contributed by atoms with Crippen LogP contribution in [0.5, 0.6) is 0 Å². The van der Waals surface area contributed by atoms with Crippen LogP contribution in [0.4, 0.5) is 10.5 Å². The van der Waals surface area contributed by atoms with Gasteiger partial charge in [-0.3, -0.25) is 0 Å². The van der Waals surface area contributed by atoms with Gasteiger partial charge in [0.25, 0.3) is 0 Å². The number of carboxylic acid groups (broad SMARTS) is 1. The monoisotopic (exact) mass is 351 g/mol. The van der Waals surface area contributed by atoms with Crippen molar-refractivity contribution in [3.63, 3.8) is 0 Å². The second-order valence-corrected chi connectivity index (χ2v) is 5.60. The van der Waals surface area contributed by atoms with Gasteiger partial charge in [-0.1, -0.05) is 53.5 Å². The van der Waals surface area contributed by atoms with Crippen molar-refractivity contribution in [1.82, 2.24) is 5.32 Å². The van der Waals surface area contributed by atoms with Crippen molar-refractivity contribution in [2.24, 2.45) is 0 Å². The van der Waals surface area contributed by atoms with Crippen LogP contribution in [-0.4, -0.2) is 18.0 Å². The van der Waals surface area contributed by atoms with Gasteiger partial charge in [-0.05, 0) is 30.2 Å². The number of benzene rings is 2. The number of aliphatic carboxylic acids is 1. The number of carbonyl (C=O) groups excluding carboxylic acids is 2. The zero-order valence-electron chi connectivity index (χ0n) is 11.9. The van der Waals surface area contributed by atoms with Crippen molar-refractivity contribution < 1.29 is 14.7 Å². The Labute approximate surface area is 143 Å². The number of rotatable bonds is 5. The molecule has 2 aromatic rings. The van der Waals surface area contributed by atoms with Gasteiger partial charge in [0.1, 0.15) is 0 Å². The van der Waals surface area contributed by atoms with Crippen molar-refractivity contribution in [2.45, 2.75) is 12.5 Å². The minimum absolute atomic E-state index is 0.123. The van der Waals surface area contributed by atoms with Crippen LogP contribution in [0, 0.1) is 0 Å². The summed E-state index contributed by atoms with van der Waals surface area (Å²) in [5.74, 6) is -1.36. The fourth-order valence-electron chi connectivity index (χ4n) is 1.94. The molecule has 1 atom stereocenters. The topological polar surface area (TPSA) is 81.3 Å². The number of halogens is 2. The van der Waals surface area contributed by atoms with Gasteiger partial charge in [0.2, 0.25) is 0 Å². The lowest BCUT2D eigenvalue weighted by molar-refractivity contribution is -0.308. The van der Waals surface area contributed by atoms with Gasteiger partial charge in [0.05, 0.1) is 22.1 Å². The Morgan fingerprint density at radius 1 is 1.04 bits per heavy atom. The standard InChI is InChI=1S/C16H14Cl2N2O3/c17-12-7-6-11(9-13(12)18)19-16(23)20-14(15(21)22)8-10-4-2-1-3-5-10/h1-7,9,14H,8H2,(H,21,22)(H2,19,20,23)/p-1/t14-/m0/s1. The quantitative estimate of drug-likeness (QED) is 0.868. The molecule has 2 N–H and O–H groups in total. The number of anilines is 1. The maximum atomic E-state index is 11.9. The maximum Gasteiger partial charge on any atom is 0.319 e. The predicted molar refractivity (Wildman–Crippen MR) is 87.6 cm³/mol. The third-order valence-corrected chi connectivity index (χ3v) is 3.79. The summed E-state index contributed by atoms with van der Waals surface area (Å²) < 4.78 is 0. The Balaban J connectivity index is 2.00. The third kappa shape index (κ3) is 5.16. The summed E-state index contributed by atoms with van der Waals surface area (Å²) in [6.07, 6.45) is 0.123. The van der Waals surface area contributed by atoms with E-state index in [9.17, 15) is 14.7 Å². The summed E-state index contributed by atoms with van der Waals surface area (Å²) in [6, 6.07) is 11.7. The molecule has 0 aliphatic carbocycles. The first-order valence-corrected chi connectivity index (χ1v) is 7.48. The van der Waals surface area contributed by atoms with Crippen molar-refractivity contribution in [3.05, 3.63) is 64.1 Å². The normalized spacial score (nSPS) is 11.6. The molecular weight excluding hydrogens is 339 g/mol.